The van der Waals surface area contributed by atoms with Crippen molar-refractivity contribution in [3.8, 4) is 0 Å². The largest absolute Gasteiger partial charge is 0.416 e. The van der Waals surface area contributed by atoms with Crippen molar-refractivity contribution in [3.05, 3.63) is 29.3 Å². The average Bonchev–Trinajstić information content (AvgIpc) is 3.51. The molecule has 0 amide bonds. The summed E-state index contributed by atoms with van der Waals surface area (Å²) in [5.74, 6) is 1.26. The second kappa shape index (κ2) is 7.07. The lowest BCUT2D eigenvalue weighted by molar-refractivity contribution is -0.143. The molecule has 0 unspecified atom stereocenters. The van der Waals surface area contributed by atoms with E-state index >= 15 is 0 Å². The first-order valence-electron chi connectivity index (χ1n) is 11.4. The van der Waals surface area contributed by atoms with E-state index in [2.05, 4.69) is 15.2 Å². The Bertz CT molecular complexity index is 942. The minimum atomic E-state index is -4.91. The van der Waals surface area contributed by atoms with E-state index in [0.29, 0.717) is 38.1 Å². The minimum absolute atomic E-state index is 0.0944. The van der Waals surface area contributed by atoms with Gasteiger partial charge in [-0.25, -0.2) is 5.01 Å². The van der Waals surface area contributed by atoms with Gasteiger partial charge in [0.25, 0.3) is 0 Å². The lowest BCUT2D eigenvalue weighted by atomic mass is 9.71. The molecule has 180 valence electrons. The molecule has 1 aromatic carbocycles. The Labute approximate surface area is 186 Å². The maximum atomic E-state index is 13.6. The Morgan fingerprint density at radius 1 is 0.879 bits per heavy atom. The Kier molecular flexibility index (Phi) is 4.63. The molecule has 6 rings (SSSR count). The van der Waals surface area contributed by atoms with Crippen molar-refractivity contribution in [1.82, 2.24) is 4.90 Å². The highest BCUT2D eigenvalue weighted by Gasteiger charge is 2.73. The summed E-state index contributed by atoms with van der Waals surface area (Å²) in [6, 6.07) is 1.49. The number of morpholine rings is 1. The standard InChI is InChI=1S/C22H24F6N4O/c23-21(24,25)12-8-13(22(26,27)28)10-14(9-12)32-20(31-4-6-33-7-5-31)18-11-17(19(20)29-30-32)15-2-1-3-16(15)18/h8-10,15-19H,1-7,11H2/t15-,16-,17+,18+,19-,20-/m1/s1. The number of hydrogen-bond donors (Lipinski definition) is 0. The predicted octanol–water partition coefficient (Wildman–Crippen LogP) is 5.37. The average molecular weight is 474 g/mol. The third-order valence-electron chi connectivity index (χ3n) is 8.54. The van der Waals surface area contributed by atoms with Gasteiger partial charge < -0.3 is 4.74 Å². The van der Waals surface area contributed by atoms with Crippen LogP contribution in [-0.4, -0.2) is 42.9 Å². The van der Waals surface area contributed by atoms with Gasteiger partial charge in [-0.2, -0.15) is 31.5 Å². The predicted molar refractivity (Wildman–Crippen MR) is 105 cm³/mol. The number of anilines is 1. The second-order valence-electron chi connectivity index (χ2n) is 9.87. The fraction of sp³-hybridized carbons (Fsp3) is 0.727. The lowest BCUT2D eigenvalue weighted by Gasteiger charge is -2.54. The van der Waals surface area contributed by atoms with E-state index in [1.165, 1.54) is 5.01 Å². The number of alkyl halides is 6. The van der Waals surface area contributed by atoms with Gasteiger partial charge in [0.2, 0.25) is 0 Å². The molecule has 0 spiro atoms. The molecular formula is C22H24F6N4O. The zero-order chi connectivity index (χ0) is 23.2. The van der Waals surface area contributed by atoms with Gasteiger partial charge in [-0.1, -0.05) is 11.6 Å². The van der Waals surface area contributed by atoms with Crippen LogP contribution in [0.3, 0.4) is 0 Å². The van der Waals surface area contributed by atoms with Crippen LogP contribution in [0.5, 0.6) is 0 Å². The van der Waals surface area contributed by atoms with Gasteiger partial charge in [0.05, 0.1) is 30.0 Å². The molecule has 5 nitrogen and oxygen atoms in total. The van der Waals surface area contributed by atoms with Crippen LogP contribution in [0.1, 0.15) is 36.8 Å². The van der Waals surface area contributed by atoms with E-state index < -0.39 is 29.1 Å². The summed E-state index contributed by atoms with van der Waals surface area (Å²) in [6.45, 7) is 2.02. The molecule has 2 aliphatic heterocycles. The summed E-state index contributed by atoms with van der Waals surface area (Å²) in [7, 11) is 0. The van der Waals surface area contributed by atoms with Crippen LogP contribution in [0.25, 0.3) is 0 Å². The normalized spacial score (nSPS) is 38.2. The monoisotopic (exact) mass is 474 g/mol. The fourth-order valence-electron chi connectivity index (χ4n) is 7.51. The van der Waals surface area contributed by atoms with Gasteiger partial charge >= 0.3 is 12.4 Å². The molecule has 0 radical (unpaired) electrons. The van der Waals surface area contributed by atoms with Crippen LogP contribution >= 0.6 is 0 Å². The van der Waals surface area contributed by atoms with Gasteiger partial charge in [-0.3, -0.25) is 4.90 Å². The van der Waals surface area contributed by atoms with Gasteiger partial charge in [-0.05, 0) is 55.2 Å². The van der Waals surface area contributed by atoms with Gasteiger partial charge in [0.15, 0.2) is 0 Å². The number of fused-ring (bicyclic) bond motifs is 8. The maximum absolute atomic E-state index is 13.6. The van der Waals surface area contributed by atoms with Gasteiger partial charge in [0, 0.05) is 19.0 Å². The summed E-state index contributed by atoms with van der Waals surface area (Å²) in [5, 5.41) is 10.2. The van der Waals surface area contributed by atoms with Crippen molar-refractivity contribution in [1.29, 1.82) is 0 Å². The third-order valence-corrected chi connectivity index (χ3v) is 8.54. The van der Waals surface area contributed by atoms with Crippen LogP contribution < -0.4 is 5.01 Å². The number of halogens is 6. The molecule has 1 aromatic rings. The molecule has 2 bridgehead atoms. The van der Waals surface area contributed by atoms with Crippen molar-refractivity contribution in [2.75, 3.05) is 31.3 Å². The SMILES string of the molecule is FC(F)(F)c1cc(N2N=N[C@@H]3[C@H]4C[C@@H]([C@@H]5CCC[C@H]54)[C@]32N2CCOCC2)cc(C(F)(F)F)c1. The highest BCUT2D eigenvalue weighted by atomic mass is 19.4. The first-order valence-corrected chi connectivity index (χ1v) is 11.4. The van der Waals surface area contributed by atoms with Crippen LogP contribution in [0.15, 0.2) is 28.5 Å². The number of benzene rings is 1. The Morgan fingerprint density at radius 3 is 2.15 bits per heavy atom. The zero-order valence-corrected chi connectivity index (χ0v) is 17.7. The Morgan fingerprint density at radius 2 is 1.52 bits per heavy atom. The quantitative estimate of drug-likeness (QED) is 0.541. The zero-order valence-electron chi connectivity index (χ0n) is 17.7. The smallest absolute Gasteiger partial charge is 0.379 e. The minimum Gasteiger partial charge on any atom is -0.379 e. The van der Waals surface area contributed by atoms with E-state index in [0.717, 1.165) is 37.8 Å². The first-order chi connectivity index (χ1) is 15.6. The molecule has 5 aliphatic rings. The molecular weight excluding hydrogens is 450 g/mol. The van der Waals surface area contributed by atoms with Crippen LogP contribution in [0, 0.1) is 23.7 Å². The Hall–Kier alpha value is -1.88. The summed E-state index contributed by atoms with van der Waals surface area (Å²) in [5.41, 5.74) is -3.69. The maximum Gasteiger partial charge on any atom is 0.416 e. The van der Waals surface area contributed by atoms with Crippen molar-refractivity contribution < 1.29 is 31.1 Å². The van der Waals surface area contributed by atoms with E-state index in [4.69, 9.17) is 4.74 Å². The van der Waals surface area contributed by atoms with Crippen LogP contribution in [-0.2, 0) is 17.1 Å². The summed E-state index contributed by atoms with van der Waals surface area (Å²) in [6.07, 6.45) is -5.69. The molecule has 11 heteroatoms. The van der Waals surface area contributed by atoms with E-state index in [9.17, 15) is 26.3 Å². The molecule has 1 saturated heterocycles. The number of ether oxygens (including phenoxy) is 1. The summed E-state index contributed by atoms with van der Waals surface area (Å²) in [4.78, 5) is 2.17. The fourth-order valence-corrected chi connectivity index (χ4v) is 7.51. The van der Waals surface area contributed by atoms with Crippen LogP contribution in [0.4, 0.5) is 32.0 Å². The van der Waals surface area contributed by atoms with Crippen LogP contribution in [0.2, 0.25) is 0 Å². The molecule has 6 atom stereocenters. The lowest BCUT2D eigenvalue weighted by Crippen LogP contribution is -2.69. The van der Waals surface area contributed by atoms with Gasteiger partial charge in [0.1, 0.15) is 11.7 Å². The topological polar surface area (TPSA) is 40.4 Å². The highest BCUT2D eigenvalue weighted by Crippen LogP contribution is 2.67. The highest BCUT2D eigenvalue weighted by molar-refractivity contribution is 5.56. The molecule has 33 heavy (non-hydrogen) atoms. The van der Waals surface area contributed by atoms with E-state index in [1.807, 2.05) is 0 Å². The molecule has 0 aromatic heterocycles. The summed E-state index contributed by atoms with van der Waals surface area (Å²) < 4.78 is 87.1. The van der Waals surface area contributed by atoms with Crippen molar-refractivity contribution in [3.63, 3.8) is 0 Å². The van der Waals surface area contributed by atoms with Crippen molar-refractivity contribution in [2.24, 2.45) is 34.0 Å². The molecule has 4 fully saturated rings. The van der Waals surface area contributed by atoms with Crippen molar-refractivity contribution >= 4 is 5.69 Å². The Balaban J connectivity index is 1.51. The summed E-state index contributed by atoms with van der Waals surface area (Å²) >= 11 is 0. The van der Waals surface area contributed by atoms with E-state index in [-0.39, 0.29) is 29.6 Å². The number of rotatable bonds is 2. The molecule has 2 heterocycles. The van der Waals surface area contributed by atoms with Crippen molar-refractivity contribution in [2.45, 2.75) is 49.7 Å². The molecule has 0 N–H and O–H groups in total. The number of hydrogen-bond acceptors (Lipinski definition) is 5. The molecule has 3 saturated carbocycles. The van der Waals surface area contributed by atoms with Gasteiger partial charge in [-0.15, -0.1) is 0 Å². The van der Waals surface area contributed by atoms with E-state index in [1.54, 1.807) is 0 Å². The second-order valence-corrected chi connectivity index (χ2v) is 9.87. The first kappa shape index (κ1) is 21.6. The molecule has 3 aliphatic carbocycles. The number of nitrogens with zero attached hydrogens (tertiary/aromatic N) is 4. The third kappa shape index (κ3) is 3.00.